The smallest absolute Gasteiger partial charge is 0.129 e. The third kappa shape index (κ3) is 2.29. The summed E-state index contributed by atoms with van der Waals surface area (Å²) >= 11 is 14.4. The minimum absolute atomic E-state index is 0.248. The van der Waals surface area contributed by atoms with E-state index in [1.165, 1.54) is 12.1 Å². The number of alkyl halides is 1. The lowest BCUT2D eigenvalue weighted by Crippen LogP contribution is -2.02. The number of benzene rings is 2. The molecule has 0 atom stereocenters. The Hall–Kier alpha value is -0.850. The molecular formula is C14H8Cl2FIN2. The second-order valence-electron chi connectivity index (χ2n) is 4.20. The second kappa shape index (κ2) is 5.50. The number of para-hydroxylation sites is 1. The topological polar surface area (TPSA) is 17.8 Å². The maximum absolute atomic E-state index is 13.3. The fourth-order valence-corrected chi connectivity index (χ4v) is 3.30. The third-order valence-electron chi connectivity index (χ3n) is 2.97. The van der Waals surface area contributed by atoms with Crippen LogP contribution in [0.15, 0.2) is 36.4 Å². The van der Waals surface area contributed by atoms with Crippen molar-refractivity contribution in [2.24, 2.45) is 0 Å². The van der Waals surface area contributed by atoms with E-state index in [4.69, 9.17) is 23.2 Å². The Morgan fingerprint density at radius 3 is 2.75 bits per heavy atom. The Morgan fingerprint density at radius 1 is 1.25 bits per heavy atom. The number of imidazole rings is 1. The first-order chi connectivity index (χ1) is 9.61. The molecule has 1 heterocycles. The normalized spacial score (nSPS) is 11.2. The van der Waals surface area contributed by atoms with Gasteiger partial charge in [-0.05, 0) is 52.9 Å². The van der Waals surface area contributed by atoms with Gasteiger partial charge in [0, 0.05) is 3.57 Å². The lowest BCUT2D eigenvalue weighted by atomic mass is 10.2. The average Bonchev–Trinajstić information content (AvgIpc) is 2.79. The highest BCUT2D eigenvalue weighted by Crippen LogP contribution is 2.30. The zero-order valence-electron chi connectivity index (χ0n) is 10.1. The largest absolute Gasteiger partial charge is 0.293 e. The Morgan fingerprint density at radius 2 is 2.05 bits per heavy atom. The highest BCUT2D eigenvalue weighted by molar-refractivity contribution is 14.1. The van der Waals surface area contributed by atoms with Crippen LogP contribution in [0.4, 0.5) is 4.39 Å². The molecule has 20 heavy (non-hydrogen) atoms. The quantitative estimate of drug-likeness (QED) is 0.413. The predicted molar refractivity (Wildman–Crippen MR) is 88.3 cm³/mol. The summed E-state index contributed by atoms with van der Waals surface area (Å²) in [5.74, 6) is 0.652. The van der Waals surface area contributed by atoms with Crippen molar-refractivity contribution in [3.63, 3.8) is 0 Å². The van der Waals surface area contributed by atoms with Gasteiger partial charge >= 0.3 is 0 Å². The van der Waals surface area contributed by atoms with Crippen molar-refractivity contribution in [3.05, 3.63) is 56.6 Å². The average molecular weight is 421 g/mol. The van der Waals surface area contributed by atoms with E-state index in [1.807, 2.05) is 16.7 Å². The van der Waals surface area contributed by atoms with Gasteiger partial charge in [0.1, 0.15) is 11.6 Å². The summed E-state index contributed by atoms with van der Waals surface area (Å²) in [4.78, 5) is 4.48. The van der Waals surface area contributed by atoms with Gasteiger partial charge in [-0.3, -0.25) is 4.57 Å². The van der Waals surface area contributed by atoms with E-state index in [0.29, 0.717) is 10.8 Å². The van der Waals surface area contributed by atoms with Crippen LogP contribution in [-0.2, 0) is 5.88 Å². The fraction of sp³-hybridized carbons (Fsp3) is 0.0714. The van der Waals surface area contributed by atoms with Gasteiger partial charge in [0.05, 0.1) is 27.6 Å². The number of nitrogens with zero attached hydrogens (tertiary/aromatic N) is 2. The summed E-state index contributed by atoms with van der Waals surface area (Å²) in [5, 5.41) is 0.589. The van der Waals surface area contributed by atoms with Crippen molar-refractivity contribution in [2.75, 3.05) is 0 Å². The zero-order valence-corrected chi connectivity index (χ0v) is 13.7. The van der Waals surface area contributed by atoms with Gasteiger partial charge < -0.3 is 0 Å². The molecule has 3 rings (SSSR count). The van der Waals surface area contributed by atoms with Gasteiger partial charge in [-0.15, -0.1) is 11.6 Å². The summed E-state index contributed by atoms with van der Waals surface area (Å²) in [6.07, 6.45) is 0. The molecule has 0 aliphatic rings. The summed E-state index contributed by atoms with van der Waals surface area (Å²) in [6, 6.07) is 10.1. The van der Waals surface area contributed by atoms with E-state index in [9.17, 15) is 4.39 Å². The maximum Gasteiger partial charge on any atom is 0.129 e. The van der Waals surface area contributed by atoms with Gasteiger partial charge in [0.15, 0.2) is 0 Å². The van der Waals surface area contributed by atoms with Crippen LogP contribution in [0.1, 0.15) is 5.82 Å². The van der Waals surface area contributed by atoms with Crippen molar-refractivity contribution >= 4 is 56.8 Å². The molecule has 3 aromatic rings. The van der Waals surface area contributed by atoms with Crippen LogP contribution >= 0.6 is 45.8 Å². The Balaban J connectivity index is 2.39. The van der Waals surface area contributed by atoms with Crippen LogP contribution in [-0.4, -0.2) is 9.55 Å². The van der Waals surface area contributed by atoms with Crippen LogP contribution in [0.2, 0.25) is 5.02 Å². The summed E-state index contributed by atoms with van der Waals surface area (Å²) in [6.45, 7) is 0. The SMILES string of the molecule is Fc1ccc(-n2c(CCl)nc3cccc(Cl)c32)c(I)c1. The number of rotatable bonds is 2. The Kier molecular flexibility index (Phi) is 3.88. The predicted octanol–water partition coefficient (Wildman–Crippen LogP) is 5.16. The zero-order chi connectivity index (χ0) is 14.3. The fourth-order valence-electron chi connectivity index (χ4n) is 2.15. The highest BCUT2D eigenvalue weighted by atomic mass is 127. The lowest BCUT2D eigenvalue weighted by Gasteiger charge is -2.11. The van der Waals surface area contributed by atoms with E-state index >= 15 is 0 Å². The maximum atomic E-state index is 13.3. The minimum atomic E-state index is -0.277. The molecule has 0 spiro atoms. The molecule has 0 amide bonds. The molecule has 0 fully saturated rings. The monoisotopic (exact) mass is 420 g/mol. The summed E-state index contributed by atoms with van der Waals surface area (Å²) < 4.78 is 15.9. The summed E-state index contributed by atoms with van der Waals surface area (Å²) in [5.41, 5.74) is 2.38. The van der Waals surface area contributed by atoms with Crippen LogP contribution in [0, 0.1) is 9.39 Å². The molecule has 0 bridgehead atoms. The van der Waals surface area contributed by atoms with Crippen molar-refractivity contribution in [1.29, 1.82) is 0 Å². The van der Waals surface area contributed by atoms with E-state index in [1.54, 1.807) is 12.1 Å². The van der Waals surface area contributed by atoms with Crippen molar-refractivity contribution in [1.82, 2.24) is 9.55 Å². The Bertz CT molecular complexity index is 801. The molecule has 102 valence electrons. The number of aromatic nitrogens is 2. The molecule has 6 heteroatoms. The number of fused-ring (bicyclic) bond motifs is 1. The first kappa shape index (κ1) is 14.1. The third-order valence-corrected chi connectivity index (χ3v) is 4.37. The van der Waals surface area contributed by atoms with E-state index in [-0.39, 0.29) is 11.7 Å². The molecule has 1 aromatic heterocycles. The van der Waals surface area contributed by atoms with Crippen molar-refractivity contribution < 1.29 is 4.39 Å². The van der Waals surface area contributed by atoms with Gasteiger partial charge in [0.2, 0.25) is 0 Å². The molecule has 0 N–H and O–H groups in total. The van der Waals surface area contributed by atoms with Crippen molar-refractivity contribution in [3.8, 4) is 5.69 Å². The van der Waals surface area contributed by atoms with Crippen LogP contribution in [0.5, 0.6) is 0 Å². The van der Waals surface area contributed by atoms with E-state index in [2.05, 4.69) is 27.6 Å². The minimum Gasteiger partial charge on any atom is -0.293 e. The standard InChI is InChI=1S/C14H8Cl2FIN2/c15-7-13-19-11-3-1-2-9(16)14(11)20(13)12-5-4-8(17)6-10(12)18/h1-6H,7H2. The lowest BCUT2D eigenvalue weighted by molar-refractivity contribution is 0.626. The van der Waals surface area contributed by atoms with E-state index < -0.39 is 0 Å². The van der Waals surface area contributed by atoms with Crippen LogP contribution < -0.4 is 0 Å². The molecular weight excluding hydrogens is 413 g/mol. The van der Waals surface area contributed by atoms with Gasteiger partial charge in [0.25, 0.3) is 0 Å². The molecule has 0 aliphatic heterocycles. The van der Waals surface area contributed by atoms with Gasteiger partial charge in [-0.1, -0.05) is 17.7 Å². The number of halogens is 4. The number of hydrogen-bond acceptors (Lipinski definition) is 1. The molecule has 0 unspecified atom stereocenters. The first-order valence-corrected chi connectivity index (χ1v) is 7.78. The molecule has 0 saturated heterocycles. The van der Waals surface area contributed by atoms with Crippen molar-refractivity contribution in [2.45, 2.75) is 5.88 Å². The highest BCUT2D eigenvalue weighted by Gasteiger charge is 2.16. The van der Waals surface area contributed by atoms with E-state index in [0.717, 1.165) is 20.3 Å². The molecule has 2 nitrogen and oxygen atoms in total. The summed E-state index contributed by atoms with van der Waals surface area (Å²) in [7, 11) is 0. The molecule has 0 aliphatic carbocycles. The molecule has 0 saturated carbocycles. The Labute approximate surface area is 138 Å². The van der Waals surface area contributed by atoms with Crippen LogP contribution in [0.25, 0.3) is 16.7 Å². The second-order valence-corrected chi connectivity index (χ2v) is 6.04. The number of hydrogen-bond donors (Lipinski definition) is 0. The first-order valence-electron chi connectivity index (χ1n) is 5.79. The van der Waals surface area contributed by atoms with Crippen LogP contribution in [0.3, 0.4) is 0 Å². The van der Waals surface area contributed by atoms with Gasteiger partial charge in [-0.25, -0.2) is 9.37 Å². The van der Waals surface area contributed by atoms with Gasteiger partial charge in [-0.2, -0.15) is 0 Å². The molecule has 0 radical (unpaired) electrons. The molecule has 2 aromatic carbocycles.